The molecule has 0 aromatic heterocycles. The van der Waals surface area contributed by atoms with Gasteiger partial charge < -0.3 is 4.74 Å². The Balaban J connectivity index is 2.54. The highest BCUT2D eigenvalue weighted by Gasteiger charge is 2.17. The second-order valence-electron chi connectivity index (χ2n) is 4.01. The van der Waals surface area contributed by atoms with Gasteiger partial charge >= 0.3 is 0 Å². The maximum absolute atomic E-state index is 12.4. The van der Waals surface area contributed by atoms with E-state index in [9.17, 15) is 9.59 Å². The number of ether oxygens (including phenoxy) is 1. The number of ketones is 1. The fourth-order valence-corrected chi connectivity index (χ4v) is 2.37. The molecule has 0 fully saturated rings. The second-order valence-corrected chi connectivity index (χ2v) is 4.82. The van der Waals surface area contributed by atoms with Crippen molar-refractivity contribution >= 4 is 35.3 Å². The summed E-state index contributed by atoms with van der Waals surface area (Å²) < 4.78 is 5.03. The molecule has 2 aromatic carbocycles. The Bertz CT molecular complexity index is 681. The van der Waals surface area contributed by atoms with Crippen molar-refractivity contribution in [2.24, 2.45) is 0 Å². The molecule has 0 saturated heterocycles. The standard InChI is InChI=1S/C15H10Cl2O3/c1-20-15-10(8-18)6-9(7-13(15)17)14(19)11-4-2-3-5-12(11)16/h2-8H,1H3. The molecule has 0 bridgehead atoms. The molecule has 2 rings (SSSR count). The molecule has 0 saturated carbocycles. The van der Waals surface area contributed by atoms with Crippen molar-refractivity contribution in [1.29, 1.82) is 0 Å². The summed E-state index contributed by atoms with van der Waals surface area (Å²) in [6.45, 7) is 0. The Morgan fingerprint density at radius 2 is 1.85 bits per heavy atom. The minimum absolute atomic E-state index is 0.201. The van der Waals surface area contributed by atoms with Crippen molar-refractivity contribution < 1.29 is 14.3 Å². The predicted molar refractivity (Wildman–Crippen MR) is 78.3 cm³/mol. The quantitative estimate of drug-likeness (QED) is 0.632. The minimum Gasteiger partial charge on any atom is -0.494 e. The summed E-state index contributed by atoms with van der Waals surface area (Å²) in [5.74, 6) is -0.0550. The number of methoxy groups -OCH3 is 1. The maximum atomic E-state index is 12.4. The highest BCUT2D eigenvalue weighted by atomic mass is 35.5. The molecule has 2 aromatic rings. The number of rotatable bonds is 4. The monoisotopic (exact) mass is 308 g/mol. The number of aldehydes is 1. The first-order valence-corrected chi connectivity index (χ1v) is 6.46. The van der Waals surface area contributed by atoms with Crippen molar-refractivity contribution in [3.63, 3.8) is 0 Å². The molecule has 3 nitrogen and oxygen atoms in total. The van der Waals surface area contributed by atoms with E-state index in [1.807, 2.05) is 0 Å². The van der Waals surface area contributed by atoms with E-state index in [-0.39, 0.29) is 27.7 Å². The SMILES string of the molecule is COc1c(Cl)cc(C(=O)c2ccccc2Cl)cc1C=O. The van der Waals surface area contributed by atoms with Gasteiger partial charge in [0.25, 0.3) is 0 Å². The van der Waals surface area contributed by atoms with E-state index in [0.717, 1.165) is 0 Å². The molecular formula is C15H10Cl2O3. The fraction of sp³-hybridized carbons (Fsp3) is 0.0667. The van der Waals surface area contributed by atoms with E-state index < -0.39 is 0 Å². The smallest absolute Gasteiger partial charge is 0.194 e. The van der Waals surface area contributed by atoms with Gasteiger partial charge in [-0.25, -0.2) is 0 Å². The lowest BCUT2D eigenvalue weighted by molar-refractivity contribution is 0.103. The van der Waals surface area contributed by atoms with Crippen molar-refractivity contribution in [2.45, 2.75) is 0 Å². The number of carbonyl (C=O) groups excluding carboxylic acids is 2. The zero-order valence-electron chi connectivity index (χ0n) is 10.5. The zero-order chi connectivity index (χ0) is 14.7. The van der Waals surface area contributed by atoms with Gasteiger partial charge in [0.05, 0.1) is 22.7 Å². The summed E-state index contributed by atoms with van der Waals surface area (Å²) in [5.41, 5.74) is 0.855. The van der Waals surface area contributed by atoms with E-state index in [4.69, 9.17) is 27.9 Å². The molecule has 102 valence electrons. The maximum Gasteiger partial charge on any atom is 0.194 e. The average Bonchev–Trinajstić information content (AvgIpc) is 2.46. The third kappa shape index (κ3) is 2.69. The first-order chi connectivity index (χ1) is 9.58. The van der Waals surface area contributed by atoms with E-state index >= 15 is 0 Å². The molecule has 0 N–H and O–H groups in total. The summed E-state index contributed by atoms with van der Waals surface area (Å²) in [6.07, 6.45) is 0.591. The van der Waals surface area contributed by atoms with Crippen molar-refractivity contribution in [2.75, 3.05) is 7.11 Å². The van der Waals surface area contributed by atoms with Crippen LogP contribution in [0.25, 0.3) is 0 Å². The number of hydrogen-bond donors (Lipinski definition) is 0. The molecule has 0 amide bonds. The Morgan fingerprint density at radius 3 is 2.45 bits per heavy atom. The van der Waals surface area contributed by atoms with Crippen LogP contribution in [-0.4, -0.2) is 19.2 Å². The summed E-state index contributed by atoms with van der Waals surface area (Å²) >= 11 is 12.0. The van der Waals surface area contributed by atoms with Crippen LogP contribution >= 0.6 is 23.2 Å². The van der Waals surface area contributed by atoms with Gasteiger partial charge in [0.1, 0.15) is 5.75 Å². The minimum atomic E-state index is -0.303. The number of hydrogen-bond acceptors (Lipinski definition) is 3. The molecule has 20 heavy (non-hydrogen) atoms. The summed E-state index contributed by atoms with van der Waals surface area (Å²) in [7, 11) is 1.41. The van der Waals surface area contributed by atoms with Crippen LogP contribution in [0.3, 0.4) is 0 Å². The van der Waals surface area contributed by atoms with Crippen LogP contribution < -0.4 is 4.74 Å². The second kappa shape index (κ2) is 6.07. The molecule has 0 atom stereocenters. The average molecular weight is 309 g/mol. The lowest BCUT2D eigenvalue weighted by atomic mass is 10.0. The lowest BCUT2D eigenvalue weighted by Gasteiger charge is -2.09. The van der Waals surface area contributed by atoms with E-state index in [1.54, 1.807) is 24.3 Å². The Morgan fingerprint density at radius 1 is 1.15 bits per heavy atom. The van der Waals surface area contributed by atoms with E-state index in [1.165, 1.54) is 19.2 Å². The molecule has 0 aliphatic heterocycles. The molecule has 5 heteroatoms. The Labute approximate surface area is 126 Å². The Kier molecular flexibility index (Phi) is 4.42. The first-order valence-electron chi connectivity index (χ1n) is 5.70. The van der Waals surface area contributed by atoms with Crippen LogP contribution in [-0.2, 0) is 0 Å². The van der Waals surface area contributed by atoms with Gasteiger partial charge in [0, 0.05) is 11.1 Å². The van der Waals surface area contributed by atoms with Crippen molar-refractivity contribution in [3.05, 3.63) is 63.1 Å². The van der Waals surface area contributed by atoms with Crippen molar-refractivity contribution in [1.82, 2.24) is 0 Å². The van der Waals surface area contributed by atoms with Crippen LogP contribution in [0.15, 0.2) is 36.4 Å². The van der Waals surface area contributed by atoms with Gasteiger partial charge in [-0.05, 0) is 24.3 Å². The Hall–Kier alpha value is -1.84. The summed E-state index contributed by atoms with van der Waals surface area (Å²) in [4.78, 5) is 23.4. The van der Waals surface area contributed by atoms with Crippen LogP contribution in [0.2, 0.25) is 10.0 Å². The topological polar surface area (TPSA) is 43.4 Å². The molecule has 0 unspecified atom stereocenters. The molecule has 0 heterocycles. The van der Waals surface area contributed by atoms with Crippen LogP contribution in [0.4, 0.5) is 0 Å². The van der Waals surface area contributed by atoms with Gasteiger partial charge in [0.15, 0.2) is 12.1 Å². The predicted octanol–water partition coefficient (Wildman–Crippen LogP) is 4.05. The molecule has 0 spiro atoms. The van der Waals surface area contributed by atoms with E-state index in [0.29, 0.717) is 16.9 Å². The largest absolute Gasteiger partial charge is 0.494 e. The first kappa shape index (κ1) is 14.6. The third-order valence-corrected chi connectivity index (χ3v) is 3.39. The van der Waals surface area contributed by atoms with Crippen molar-refractivity contribution in [3.8, 4) is 5.75 Å². The van der Waals surface area contributed by atoms with Gasteiger partial charge in [-0.2, -0.15) is 0 Å². The summed E-state index contributed by atoms with van der Waals surface area (Å²) in [5, 5.41) is 0.546. The lowest BCUT2D eigenvalue weighted by Crippen LogP contribution is -2.04. The fourth-order valence-electron chi connectivity index (χ4n) is 1.85. The molecular weight excluding hydrogens is 299 g/mol. The summed E-state index contributed by atoms with van der Waals surface area (Å²) in [6, 6.07) is 9.58. The van der Waals surface area contributed by atoms with Crippen LogP contribution in [0.1, 0.15) is 26.3 Å². The van der Waals surface area contributed by atoms with Gasteiger partial charge in [0.2, 0.25) is 0 Å². The number of carbonyl (C=O) groups is 2. The number of benzene rings is 2. The van der Waals surface area contributed by atoms with Gasteiger partial charge in [-0.15, -0.1) is 0 Å². The third-order valence-electron chi connectivity index (χ3n) is 2.78. The number of halogens is 2. The zero-order valence-corrected chi connectivity index (χ0v) is 12.0. The van der Waals surface area contributed by atoms with Crippen LogP contribution in [0, 0.1) is 0 Å². The highest BCUT2D eigenvalue weighted by Crippen LogP contribution is 2.30. The van der Waals surface area contributed by atoms with Crippen LogP contribution in [0.5, 0.6) is 5.75 Å². The molecule has 0 radical (unpaired) electrons. The van der Waals surface area contributed by atoms with Gasteiger partial charge in [-0.1, -0.05) is 35.3 Å². The normalized spacial score (nSPS) is 10.2. The molecule has 0 aliphatic carbocycles. The van der Waals surface area contributed by atoms with E-state index in [2.05, 4.69) is 0 Å². The highest BCUT2D eigenvalue weighted by molar-refractivity contribution is 6.36. The van der Waals surface area contributed by atoms with Gasteiger partial charge in [-0.3, -0.25) is 9.59 Å². The molecule has 0 aliphatic rings.